The molecule has 0 bridgehead atoms. The number of anilines is 1. The first kappa shape index (κ1) is 16.3. The van der Waals surface area contributed by atoms with Crippen LogP contribution in [0.25, 0.3) is 0 Å². The molecule has 0 saturated heterocycles. The summed E-state index contributed by atoms with van der Waals surface area (Å²) in [6.45, 7) is 13.1. The zero-order valence-electron chi connectivity index (χ0n) is 14.5. The Bertz CT molecular complexity index is 460. The molecule has 1 saturated carbocycles. The Morgan fingerprint density at radius 1 is 1.29 bits per heavy atom. The Labute approximate surface area is 129 Å². The molecule has 0 atom stereocenters. The molecule has 0 radical (unpaired) electrons. The molecule has 1 aliphatic rings. The summed E-state index contributed by atoms with van der Waals surface area (Å²) in [5.74, 6) is 0.989. The average Bonchev–Trinajstić information content (AvgIpc) is 2.67. The Morgan fingerprint density at radius 3 is 2.48 bits per heavy atom. The number of nitrogens with zero attached hydrogens (tertiary/aromatic N) is 2. The number of imidazole rings is 1. The van der Waals surface area contributed by atoms with E-state index in [4.69, 9.17) is 4.74 Å². The van der Waals surface area contributed by atoms with E-state index in [-0.39, 0.29) is 0 Å². The van der Waals surface area contributed by atoms with Crippen LogP contribution >= 0.6 is 0 Å². The van der Waals surface area contributed by atoms with Gasteiger partial charge in [0.1, 0.15) is 0 Å². The number of hydrogen-bond donors (Lipinski definition) is 1. The maximum atomic E-state index is 5.12. The van der Waals surface area contributed by atoms with Crippen LogP contribution < -0.4 is 5.32 Å². The number of aromatic nitrogens is 2. The molecule has 0 aliphatic heterocycles. The predicted octanol–water partition coefficient (Wildman–Crippen LogP) is 4.03. The maximum absolute atomic E-state index is 5.12. The quantitative estimate of drug-likeness (QED) is 0.833. The van der Waals surface area contributed by atoms with Crippen molar-refractivity contribution in [3.63, 3.8) is 0 Å². The zero-order valence-corrected chi connectivity index (χ0v) is 14.5. The second-order valence-corrected chi connectivity index (χ2v) is 8.10. The first-order valence-corrected chi connectivity index (χ1v) is 8.01. The van der Waals surface area contributed by atoms with Crippen molar-refractivity contribution in [3.05, 3.63) is 11.9 Å². The third-order valence-electron chi connectivity index (χ3n) is 4.37. The second-order valence-electron chi connectivity index (χ2n) is 8.10. The minimum Gasteiger partial charge on any atom is -0.383 e. The summed E-state index contributed by atoms with van der Waals surface area (Å²) < 4.78 is 7.48. The first-order valence-electron chi connectivity index (χ1n) is 8.01. The third-order valence-corrected chi connectivity index (χ3v) is 4.37. The largest absolute Gasteiger partial charge is 0.383 e. The number of methoxy groups -OCH3 is 1. The van der Waals surface area contributed by atoms with Gasteiger partial charge in [-0.05, 0) is 37.0 Å². The Kier molecular flexibility index (Phi) is 4.66. The SMILES string of the molecule is COCCNc1nc(C)cn1C1CC(C)(C)CC(C)(C)C1. The van der Waals surface area contributed by atoms with E-state index in [2.05, 4.69) is 55.7 Å². The molecular weight excluding hydrogens is 262 g/mol. The van der Waals surface area contributed by atoms with Crippen molar-refractivity contribution >= 4 is 5.95 Å². The van der Waals surface area contributed by atoms with Gasteiger partial charge in [-0.1, -0.05) is 27.7 Å². The first-order chi connectivity index (χ1) is 9.72. The van der Waals surface area contributed by atoms with Crippen LogP contribution in [0.4, 0.5) is 5.95 Å². The van der Waals surface area contributed by atoms with Gasteiger partial charge in [0.15, 0.2) is 0 Å². The summed E-state index contributed by atoms with van der Waals surface area (Å²) in [6.07, 6.45) is 5.91. The van der Waals surface area contributed by atoms with Crippen LogP contribution in [-0.2, 0) is 4.74 Å². The lowest BCUT2D eigenvalue weighted by molar-refractivity contribution is 0.0730. The Balaban J connectivity index is 2.20. The fraction of sp³-hybridized carbons (Fsp3) is 0.824. The van der Waals surface area contributed by atoms with Gasteiger partial charge < -0.3 is 14.6 Å². The van der Waals surface area contributed by atoms with Crippen LogP contribution in [0.15, 0.2) is 6.20 Å². The number of nitrogens with one attached hydrogen (secondary N) is 1. The van der Waals surface area contributed by atoms with Crippen molar-refractivity contribution in [2.45, 2.75) is 59.9 Å². The molecule has 1 aromatic rings. The predicted molar refractivity (Wildman–Crippen MR) is 87.8 cm³/mol. The minimum atomic E-state index is 0.383. The van der Waals surface area contributed by atoms with Gasteiger partial charge in [-0.2, -0.15) is 0 Å². The summed E-state index contributed by atoms with van der Waals surface area (Å²) in [6, 6.07) is 0.523. The molecular formula is C17H31N3O. The summed E-state index contributed by atoms with van der Waals surface area (Å²) in [7, 11) is 1.73. The number of ether oxygens (including phenoxy) is 1. The molecule has 120 valence electrons. The van der Waals surface area contributed by atoms with Crippen molar-refractivity contribution in [1.29, 1.82) is 0 Å². The van der Waals surface area contributed by atoms with Crippen molar-refractivity contribution in [2.75, 3.05) is 25.6 Å². The lowest BCUT2D eigenvalue weighted by Gasteiger charge is -2.45. The van der Waals surface area contributed by atoms with Crippen molar-refractivity contribution in [2.24, 2.45) is 10.8 Å². The molecule has 0 unspecified atom stereocenters. The van der Waals surface area contributed by atoms with Crippen molar-refractivity contribution < 1.29 is 4.74 Å². The second kappa shape index (κ2) is 5.99. The highest BCUT2D eigenvalue weighted by Gasteiger charge is 2.39. The fourth-order valence-corrected chi connectivity index (χ4v) is 4.17. The highest BCUT2D eigenvalue weighted by Crippen LogP contribution is 2.50. The minimum absolute atomic E-state index is 0.383. The van der Waals surface area contributed by atoms with Crippen LogP contribution in [0.1, 0.15) is 58.7 Å². The monoisotopic (exact) mass is 293 g/mol. The molecule has 1 fully saturated rings. The van der Waals surface area contributed by atoms with Crippen molar-refractivity contribution in [1.82, 2.24) is 9.55 Å². The van der Waals surface area contributed by atoms with Gasteiger partial charge in [0.05, 0.1) is 12.3 Å². The molecule has 0 amide bonds. The van der Waals surface area contributed by atoms with Crippen LogP contribution in [-0.4, -0.2) is 29.8 Å². The van der Waals surface area contributed by atoms with Gasteiger partial charge in [-0.3, -0.25) is 0 Å². The summed E-state index contributed by atoms with van der Waals surface area (Å²) >= 11 is 0. The maximum Gasteiger partial charge on any atom is 0.203 e. The average molecular weight is 293 g/mol. The van der Waals surface area contributed by atoms with Crippen molar-refractivity contribution in [3.8, 4) is 0 Å². The van der Waals surface area contributed by atoms with Gasteiger partial charge in [0.2, 0.25) is 5.95 Å². The third kappa shape index (κ3) is 4.22. The molecule has 4 heteroatoms. The topological polar surface area (TPSA) is 39.1 Å². The fourth-order valence-electron chi connectivity index (χ4n) is 4.17. The van der Waals surface area contributed by atoms with Crippen LogP contribution in [0, 0.1) is 17.8 Å². The van der Waals surface area contributed by atoms with Crippen LogP contribution in [0.2, 0.25) is 0 Å². The van der Waals surface area contributed by atoms with E-state index in [1.54, 1.807) is 7.11 Å². The molecule has 0 aromatic carbocycles. The van der Waals surface area contributed by atoms with E-state index < -0.39 is 0 Å². The Hall–Kier alpha value is -1.03. The van der Waals surface area contributed by atoms with E-state index in [1.807, 2.05) is 0 Å². The summed E-state index contributed by atoms with van der Waals surface area (Å²) in [4.78, 5) is 4.65. The highest BCUT2D eigenvalue weighted by atomic mass is 16.5. The van der Waals surface area contributed by atoms with E-state index in [9.17, 15) is 0 Å². The molecule has 1 heterocycles. The number of hydrogen-bond acceptors (Lipinski definition) is 3. The van der Waals surface area contributed by atoms with E-state index in [1.165, 1.54) is 19.3 Å². The van der Waals surface area contributed by atoms with E-state index in [0.717, 1.165) is 18.2 Å². The molecule has 1 aliphatic carbocycles. The normalized spacial score (nSPS) is 21.4. The molecule has 4 nitrogen and oxygen atoms in total. The Morgan fingerprint density at radius 2 is 1.90 bits per heavy atom. The smallest absolute Gasteiger partial charge is 0.203 e. The van der Waals surface area contributed by atoms with Gasteiger partial charge in [-0.25, -0.2) is 4.98 Å². The summed E-state index contributed by atoms with van der Waals surface area (Å²) in [5.41, 5.74) is 1.85. The van der Waals surface area contributed by atoms with Gasteiger partial charge in [-0.15, -0.1) is 0 Å². The van der Waals surface area contributed by atoms with E-state index in [0.29, 0.717) is 23.5 Å². The van der Waals surface area contributed by atoms with Crippen LogP contribution in [0.3, 0.4) is 0 Å². The molecule has 2 rings (SSSR count). The number of aryl methyl sites for hydroxylation is 1. The lowest BCUT2D eigenvalue weighted by Crippen LogP contribution is -2.35. The zero-order chi connectivity index (χ0) is 15.7. The van der Waals surface area contributed by atoms with Crippen LogP contribution in [0.5, 0.6) is 0 Å². The lowest BCUT2D eigenvalue weighted by atomic mass is 9.63. The molecule has 21 heavy (non-hydrogen) atoms. The van der Waals surface area contributed by atoms with Gasteiger partial charge in [0, 0.05) is 25.9 Å². The number of rotatable bonds is 5. The van der Waals surface area contributed by atoms with Gasteiger partial charge >= 0.3 is 0 Å². The van der Waals surface area contributed by atoms with Gasteiger partial charge in [0.25, 0.3) is 0 Å². The van der Waals surface area contributed by atoms with E-state index >= 15 is 0 Å². The standard InChI is InChI=1S/C17H31N3O/c1-13-11-20(15(19-13)18-7-8-21-6)14-9-16(2,3)12-17(4,5)10-14/h11,14H,7-10,12H2,1-6H3,(H,18,19). The summed E-state index contributed by atoms with van der Waals surface area (Å²) in [5, 5.41) is 3.41. The molecule has 0 spiro atoms. The molecule has 1 N–H and O–H groups in total. The highest BCUT2D eigenvalue weighted by molar-refractivity contribution is 5.30. The molecule has 1 aromatic heterocycles.